The molecule has 0 aliphatic rings. The van der Waals surface area contributed by atoms with Crippen LogP contribution in [0.2, 0.25) is 0 Å². The predicted octanol–water partition coefficient (Wildman–Crippen LogP) is 1.58. The van der Waals surface area contributed by atoms with Crippen LogP contribution in [0.1, 0.15) is 18.3 Å². The standard InChI is InChI=1S/C12H21N3O/c1-6-7-13-8-9(2)16-12-10(3)14-15(5)11(12)4/h6,9,13H,1,7-8H2,2-5H3. The number of hydrogen-bond acceptors (Lipinski definition) is 3. The number of aromatic nitrogens is 2. The van der Waals surface area contributed by atoms with Gasteiger partial charge >= 0.3 is 0 Å². The van der Waals surface area contributed by atoms with Gasteiger partial charge in [-0.05, 0) is 20.8 Å². The molecule has 0 aromatic carbocycles. The lowest BCUT2D eigenvalue weighted by Crippen LogP contribution is -2.29. The van der Waals surface area contributed by atoms with Gasteiger partial charge in [0.1, 0.15) is 11.8 Å². The smallest absolute Gasteiger partial charge is 0.163 e. The molecular weight excluding hydrogens is 202 g/mol. The van der Waals surface area contributed by atoms with Gasteiger partial charge in [0.25, 0.3) is 0 Å². The molecule has 0 bridgehead atoms. The summed E-state index contributed by atoms with van der Waals surface area (Å²) in [5.74, 6) is 0.899. The number of nitrogens with zero attached hydrogens (tertiary/aromatic N) is 2. The largest absolute Gasteiger partial charge is 0.486 e. The fraction of sp³-hybridized carbons (Fsp3) is 0.583. The molecule has 0 aliphatic carbocycles. The second-order valence-corrected chi connectivity index (χ2v) is 4.00. The Morgan fingerprint density at radius 3 is 2.75 bits per heavy atom. The SMILES string of the molecule is C=CCNCC(C)Oc1c(C)nn(C)c1C. The van der Waals surface area contributed by atoms with E-state index in [0.29, 0.717) is 0 Å². The van der Waals surface area contributed by atoms with E-state index in [1.807, 2.05) is 38.6 Å². The highest BCUT2D eigenvalue weighted by atomic mass is 16.5. The third-order valence-corrected chi connectivity index (χ3v) is 2.48. The first-order valence-electron chi connectivity index (χ1n) is 5.54. The van der Waals surface area contributed by atoms with Gasteiger partial charge in [0.15, 0.2) is 5.75 Å². The van der Waals surface area contributed by atoms with Crippen LogP contribution in [-0.4, -0.2) is 29.0 Å². The summed E-state index contributed by atoms with van der Waals surface area (Å²) in [5, 5.41) is 7.55. The van der Waals surface area contributed by atoms with E-state index < -0.39 is 0 Å². The predicted molar refractivity (Wildman–Crippen MR) is 65.8 cm³/mol. The molecule has 1 aromatic heterocycles. The molecule has 1 heterocycles. The number of ether oxygens (including phenoxy) is 1. The Morgan fingerprint density at radius 2 is 2.25 bits per heavy atom. The van der Waals surface area contributed by atoms with E-state index in [1.165, 1.54) is 0 Å². The van der Waals surface area contributed by atoms with E-state index in [-0.39, 0.29) is 6.10 Å². The third-order valence-electron chi connectivity index (χ3n) is 2.48. The van der Waals surface area contributed by atoms with Gasteiger partial charge in [-0.15, -0.1) is 6.58 Å². The average Bonchev–Trinajstić information content (AvgIpc) is 2.46. The first-order chi connectivity index (χ1) is 7.56. The van der Waals surface area contributed by atoms with Crippen LogP contribution in [0.25, 0.3) is 0 Å². The van der Waals surface area contributed by atoms with Crippen molar-refractivity contribution in [2.75, 3.05) is 13.1 Å². The molecule has 0 saturated heterocycles. The van der Waals surface area contributed by atoms with Crippen LogP contribution in [0.3, 0.4) is 0 Å². The van der Waals surface area contributed by atoms with Crippen molar-refractivity contribution in [1.29, 1.82) is 0 Å². The average molecular weight is 223 g/mol. The van der Waals surface area contributed by atoms with Crippen LogP contribution < -0.4 is 10.1 Å². The summed E-state index contributed by atoms with van der Waals surface area (Å²) in [7, 11) is 1.93. The molecule has 90 valence electrons. The summed E-state index contributed by atoms with van der Waals surface area (Å²) in [6.07, 6.45) is 1.97. The first-order valence-corrected chi connectivity index (χ1v) is 5.54. The van der Waals surface area contributed by atoms with Crippen LogP contribution in [0.4, 0.5) is 0 Å². The molecule has 0 saturated carbocycles. The summed E-state index contributed by atoms with van der Waals surface area (Å²) in [4.78, 5) is 0. The lowest BCUT2D eigenvalue weighted by atomic mass is 10.3. The lowest BCUT2D eigenvalue weighted by molar-refractivity contribution is 0.216. The number of nitrogens with one attached hydrogen (secondary N) is 1. The van der Waals surface area contributed by atoms with Gasteiger partial charge in [-0.25, -0.2) is 0 Å². The highest BCUT2D eigenvalue weighted by molar-refractivity contribution is 5.31. The topological polar surface area (TPSA) is 39.1 Å². The molecule has 0 spiro atoms. The Morgan fingerprint density at radius 1 is 1.56 bits per heavy atom. The Bertz CT molecular complexity index is 357. The van der Waals surface area contributed by atoms with Gasteiger partial charge in [0, 0.05) is 20.1 Å². The maximum absolute atomic E-state index is 5.86. The van der Waals surface area contributed by atoms with Crippen LogP contribution in [0, 0.1) is 13.8 Å². The molecule has 1 N–H and O–H groups in total. The molecule has 1 atom stereocenters. The minimum atomic E-state index is 0.126. The monoisotopic (exact) mass is 223 g/mol. The van der Waals surface area contributed by atoms with E-state index in [4.69, 9.17) is 4.74 Å². The molecular formula is C12H21N3O. The van der Waals surface area contributed by atoms with E-state index in [1.54, 1.807) is 0 Å². The summed E-state index contributed by atoms with van der Waals surface area (Å²) in [6, 6.07) is 0. The van der Waals surface area contributed by atoms with Gasteiger partial charge < -0.3 is 10.1 Å². The summed E-state index contributed by atoms with van der Waals surface area (Å²) in [5.41, 5.74) is 2.00. The van der Waals surface area contributed by atoms with Crippen molar-refractivity contribution in [1.82, 2.24) is 15.1 Å². The zero-order chi connectivity index (χ0) is 12.1. The maximum atomic E-state index is 5.86. The van der Waals surface area contributed by atoms with Crippen molar-refractivity contribution >= 4 is 0 Å². The lowest BCUT2D eigenvalue weighted by Gasteiger charge is -2.15. The molecule has 1 aromatic rings. The minimum absolute atomic E-state index is 0.126. The van der Waals surface area contributed by atoms with E-state index in [0.717, 1.165) is 30.2 Å². The highest BCUT2D eigenvalue weighted by Crippen LogP contribution is 2.22. The molecule has 0 amide bonds. The van der Waals surface area contributed by atoms with E-state index >= 15 is 0 Å². The van der Waals surface area contributed by atoms with Crippen molar-refractivity contribution in [3.8, 4) is 5.75 Å². The third kappa shape index (κ3) is 3.10. The molecule has 1 unspecified atom stereocenters. The fourth-order valence-corrected chi connectivity index (χ4v) is 1.56. The van der Waals surface area contributed by atoms with Crippen LogP contribution >= 0.6 is 0 Å². The number of aryl methyl sites for hydroxylation is 2. The molecule has 1 rings (SSSR count). The molecule has 0 aliphatic heterocycles. The van der Waals surface area contributed by atoms with Crippen molar-refractivity contribution in [3.63, 3.8) is 0 Å². The van der Waals surface area contributed by atoms with Gasteiger partial charge in [-0.3, -0.25) is 4.68 Å². The van der Waals surface area contributed by atoms with Crippen LogP contribution in [0.5, 0.6) is 5.75 Å². The second kappa shape index (κ2) is 5.70. The van der Waals surface area contributed by atoms with E-state index in [9.17, 15) is 0 Å². The van der Waals surface area contributed by atoms with Crippen molar-refractivity contribution in [2.24, 2.45) is 7.05 Å². The van der Waals surface area contributed by atoms with Gasteiger partial charge in [0.2, 0.25) is 0 Å². The molecule has 4 nitrogen and oxygen atoms in total. The zero-order valence-corrected chi connectivity index (χ0v) is 10.6. The molecule has 0 fully saturated rings. The van der Waals surface area contributed by atoms with Crippen LogP contribution in [-0.2, 0) is 7.05 Å². The van der Waals surface area contributed by atoms with E-state index in [2.05, 4.69) is 17.0 Å². The Labute approximate surface area is 97.3 Å². The zero-order valence-electron chi connectivity index (χ0n) is 10.6. The Kier molecular flexibility index (Phi) is 4.55. The van der Waals surface area contributed by atoms with Gasteiger partial charge in [0.05, 0.1) is 5.69 Å². The van der Waals surface area contributed by atoms with Gasteiger partial charge in [-0.2, -0.15) is 5.10 Å². The number of hydrogen-bond donors (Lipinski definition) is 1. The van der Waals surface area contributed by atoms with Crippen molar-refractivity contribution < 1.29 is 4.74 Å². The highest BCUT2D eigenvalue weighted by Gasteiger charge is 2.13. The maximum Gasteiger partial charge on any atom is 0.163 e. The normalized spacial score (nSPS) is 12.5. The minimum Gasteiger partial charge on any atom is -0.486 e. The van der Waals surface area contributed by atoms with Gasteiger partial charge in [-0.1, -0.05) is 6.08 Å². The molecule has 16 heavy (non-hydrogen) atoms. The number of rotatable bonds is 6. The summed E-state index contributed by atoms with van der Waals surface area (Å²) in [6.45, 7) is 11.3. The molecule has 0 radical (unpaired) electrons. The summed E-state index contributed by atoms with van der Waals surface area (Å²) >= 11 is 0. The summed E-state index contributed by atoms with van der Waals surface area (Å²) < 4.78 is 7.70. The molecule has 4 heteroatoms. The second-order valence-electron chi connectivity index (χ2n) is 4.00. The van der Waals surface area contributed by atoms with Crippen LogP contribution in [0.15, 0.2) is 12.7 Å². The fourth-order valence-electron chi connectivity index (χ4n) is 1.56. The Balaban J connectivity index is 2.55. The quantitative estimate of drug-likeness (QED) is 0.588. The Hall–Kier alpha value is -1.29. The van der Waals surface area contributed by atoms with Crippen molar-refractivity contribution in [3.05, 3.63) is 24.0 Å². The van der Waals surface area contributed by atoms with Crippen molar-refractivity contribution in [2.45, 2.75) is 26.9 Å². The first kappa shape index (κ1) is 12.8.